The molecule has 0 spiro atoms. The van der Waals surface area contributed by atoms with Gasteiger partial charge in [-0.3, -0.25) is 5.43 Å². The van der Waals surface area contributed by atoms with Crippen LogP contribution in [-0.2, 0) is 6.61 Å². The number of ether oxygens (including phenoxy) is 1. The summed E-state index contributed by atoms with van der Waals surface area (Å²) in [6, 6.07) is 18.3. The van der Waals surface area contributed by atoms with E-state index in [1.807, 2.05) is 30.3 Å². The summed E-state index contributed by atoms with van der Waals surface area (Å²) >= 11 is 11.8. The number of nitrogens with two attached hydrogens (primary N) is 1. The SMILES string of the molecule is NC(=S)N/N=C\c1cc(Br)c(OCc2cccc3ccccc23)c(Br)c1. The van der Waals surface area contributed by atoms with Gasteiger partial charge in [-0.1, -0.05) is 42.5 Å². The largest absolute Gasteiger partial charge is 0.487 e. The molecule has 26 heavy (non-hydrogen) atoms. The highest BCUT2D eigenvalue weighted by atomic mass is 79.9. The van der Waals surface area contributed by atoms with Crippen LogP contribution in [0.5, 0.6) is 5.75 Å². The summed E-state index contributed by atoms with van der Waals surface area (Å²) in [4.78, 5) is 0. The lowest BCUT2D eigenvalue weighted by atomic mass is 10.1. The summed E-state index contributed by atoms with van der Waals surface area (Å²) in [6.07, 6.45) is 1.63. The Balaban J connectivity index is 1.79. The van der Waals surface area contributed by atoms with E-state index in [-0.39, 0.29) is 5.11 Å². The number of hydrogen-bond donors (Lipinski definition) is 2. The Labute approximate surface area is 173 Å². The minimum atomic E-state index is 0.120. The average molecular weight is 493 g/mol. The number of nitrogens with one attached hydrogen (secondary N) is 1. The van der Waals surface area contributed by atoms with Crippen molar-refractivity contribution in [1.82, 2.24) is 5.43 Å². The van der Waals surface area contributed by atoms with E-state index in [0.717, 1.165) is 25.8 Å². The van der Waals surface area contributed by atoms with Gasteiger partial charge in [0.05, 0.1) is 15.2 Å². The Kier molecular flexibility index (Phi) is 6.24. The van der Waals surface area contributed by atoms with Crippen molar-refractivity contribution in [1.29, 1.82) is 0 Å². The molecule has 0 fully saturated rings. The Morgan fingerprint density at radius 3 is 2.54 bits per heavy atom. The molecule has 0 radical (unpaired) electrons. The van der Waals surface area contributed by atoms with Gasteiger partial charge in [-0.15, -0.1) is 0 Å². The van der Waals surface area contributed by atoms with Crippen molar-refractivity contribution >= 4 is 66.2 Å². The summed E-state index contributed by atoms with van der Waals surface area (Å²) in [6.45, 7) is 0.467. The number of fused-ring (bicyclic) bond motifs is 1. The van der Waals surface area contributed by atoms with Crippen molar-refractivity contribution in [3.8, 4) is 5.75 Å². The molecule has 7 heteroatoms. The van der Waals surface area contributed by atoms with E-state index >= 15 is 0 Å². The van der Waals surface area contributed by atoms with E-state index in [2.05, 4.69) is 66.7 Å². The van der Waals surface area contributed by atoms with Crippen LogP contribution < -0.4 is 15.9 Å². The Bertz CT molecular complexity index is 963. The van der Waals surface area contributed by atoms with Gasteiger partial charge < -0.3 is 10.5 Å². The number of benzene rings is 3. The molecular formula is C19H15Br2N3OS. The minimum absolute atomic E-state index is 0.120. The molecule has 0 amide bonds. The standard InChI is InChI=1S/C19H15Br2N3OS/c20-16-8-12(10-23-24-19(22)26)9-17(21)18(16)25-11-14-6-3-5-13-4-1-2-7-15(13)14/h1-10H,11H2,(H3,22,24,26)/b23-10-. The highest BCUT2D eigenvalue weighted by molar-refractivity contribution is 9.11. The lowest BCUT2D eigenvalue weighted by Crippen LogP contribution is -2.23. The van der Waals surface area contributed by atoms with Gasteiger partial charge in [0.15, 0.2) is 5.11 Å². The van der Waals surface area contributed by atoms with E-state index < -0.39 is 0 Å². The fourth-order valence-electron chi connectivity index (χ4n) is 2.53. The second-order valence-electron chi connectivity index (χ2n) is 5.47. The molecule has 3 rings (SSSR count). The molecule has 0 saturated carbocycles. The highest BCUT2D eigenvalue weighted by Gasteiger charge is 2.10. The van der Waals surface area contributed by atoms with Crippen LogP contribution >= 0.6 is 44.1 Å². The minimum Gasteiger partial charge on any atom is -0.487 e. The lowest BCUT2D eigenvalue weighted by molar-refractivity contribution is 0.303. The highest BCUT2D eigenvalue weighted by Crippen LogP contribution is 2.35. The maximum atomic E-state index is 6.06. The monoisotopic (exact) mass is 491 g/mol. The third-order valence-electron chi connectivity index (χ3n) is 3.66. The molecule has 0 heterocycles. The Hall–Kier alpha value is -1.96. The molecule has 3 aromatic rings. The van der Waals surface area contributed by atoms with Crippen LogP contribution in [0.15, 0.2) is 68.6 Å². The molecule has 132 valence electrons. The van der Waals surface area contributed by atoms with Crippen LogP contribution in [0.3, 0.4) is 0 Å². The summed E-state index contributed by atoms with van der Waals surface area (Å²) in [5, 5.41) is 6.46. The van der Waals surface area contributed by atoms with Crippen LogP contribution in [0, 0.1) is 0 Å². The van der Waals surface area contributed by atoms with Gasteiger partial charge in [-0.05, 0) is 78.1 Å². The number of rotatable bonds is 5. The molecule has 0 atom stereocenters. The predicted molar refractivity (Wildman–Crippen MR) is 118 cm³/mol. The van der Waals surface area contributed by atoms with Crippen LogP contribution in [0.4, 0.5) is 0 Å². The zero-order valence-electron chi connectivity index (χ0n) is 13.6. The van der Waals surface area contributed by atoms with Crippen molar-refractivity contribution in [2.24, 2.45) is 10.8 Å². The van der Waals surface area contributed by atoms with Gasteiger partial charge in [-0.25, -0.2) is 0 Å². The van der Waals surface area contributed by atoms with Crippen LogP contribution in [0.1, 0.15) is 11.1 Å². The van der Waals surface area contributed by atoms with E-state index in [1.165, 1.54) is 10.8 Å². The normalized spacial score (nSPS) is 11.0. The fourth-order valence-corrected chi connectivity index (χ4v) is 4.03. The van der Waals surface area contributed by atoms with Crippen molar-refractivity contribution in [2.75, 3.05) is 0 Å². The summed E-state index contributed by atoms with van der Waals surface area (Å²) in [5.41, 5.74) is 9.87. The predicted octanol–water partition coefficient (Wildman–Crippen LogP) is 5.11. The second-order valence-corrected chi connectivity index (χ2v) is 7.62. The van der Waals surface area contributed by atoms with Gasteiger partial charge in [0.25, 0.3) is 0 Å². The van der Waals surface area contributed by atoms with Crippen molar-refractivity contribution < 1.29 is 4.74 Å². The topological polar surface area (TPSA) is 59.6 Å². The number of thiocarbonyl (C=S) groups is 1. The van der Waals surface area contributed by atoms with Crippen LogP contribution in [0.25, 0.3) is 10.8 Å². The lowest BCUT2D eigenvalue weighted by Gasteiger charge is -2.13. The molecule has 0 aliphatic carbocycles. The molecule has 4 nitrogen and oxygen atoms in total. The number of halogens is 2. The van der Waals surface area contributed by atoms with Crippen LogP contribution in [-0.4, -0.2) is 11.3 Å². The van der Waals surface area contributed by atoms with E-state index in [9.17, 15) is 0 Å². The Morgan fingerprint density at radius 1 is 1.12 bits per heavy atom. The van der Waals surface area contributed by atoms with E-state index in [1.54, 1.807) is 6.21 Å². The molecule has 0 aromatic heterocycles. The van der Waals surface area contributed by atoms with Gasteiger partial charge >= 0.3 is 0 Å². The van der Waals surface area contributed by atoms with Gasteiger partial charge in [0.1, 0.15) is 12.4 Å². The zero-order chi connectivity index (χ0) is 18.5. The molecule has 0 saturated heterocycles. The van der Waals surface area contributed by atoms with Gasteiger partial charge in [-0.2, -0.15) is 5.10 Å². The molecule has 0 aliphatic rings. The first-order valence-electron chi connectivity index (χ1n) is 7.71. The van der Waals surface area contributed by atoms with Crippen LogP contribution in [0.2, 0.25) is 0 Å². The molecular weight excluding hydrogens is 478 g/mol. The van der Waals surface area contributed by atoms with Crippen molar-refractivity contribution in [2.45, 2.75) is 6.61 Å². The first-order chi connectivity index (χ1) is 12.5. The Morgan fingerprint density at radius 2 is 1.81 bits per heavy atom. The van der Waals surface area contributed by atoms with Gasteiger partial charge in [0.2, 0.25) is 0 Å². The fraction of sp³-hybridized carbons (Fsp3) is 0.0526. The third-order valence-corrected chi connectivity index (χ3v) is 4.93. The quantitative estimate of drug-likeness (QED) is 0.295. The third kappa shape index (κ3) is 4.60. The van der Waals surface area contributed by atoms with Crippen molar-refractivity contribution in [3.05, 3.63) is 74.7 Å². The molecule has 3 aromatic carbocycles. The maximum Gasteiger partial charge on any atom is 0.184 e. The first-order valence-corrected chi connectivity index (χ1v) is 9.71. The molecule has 0 aliphatic heterocycles. The number of hydrogen-bond acceptors (Lipinski definition) is 3. The number of hydrazone groups is 1. The molecule has 0 bridgehead atoms. The summed E-state index contributed by atoms with van der Waals surface area (Å²) in [7, 11) is 0. The zero-order valence-corrected chi connectivity index (χ0v) is 17.6. The smallest absolute Gasteiger partial charge is 0.184 e. The summed E-state index contributed by atoms with van der Waals surface area (Å²) in [5.74, 6) is 0.734. The molecule has 3 N–H and O–H groups in total. The second kappa shape index (κ2) is 8.62. The maximum absolute atomic E-state index is 6.06. The van der Waals surface area contributed by atoms with E-state index in [0.29, 0.717) is 6.61 Å². The van der Waals surface area contributed by atoms with E-state index in [4.69, 9.17) is 22.7 Å². The van der Waals surface area contributed by atoms with Crippen molar-refractivity contribution in [3.63, 3.8) is 0 Å². The number of nitrogens with zero attached hydrogens (tertiary/aromatic N) is 1. The molecule has 0 unspecified atom stereocenters. The van der Waals surface area contributed by atoms with Gasteiger partial charge in [0, 0.05) is 0 Å². The summed E-state index contributed by atoms with van der Waals surface area (Å²) < 4.78 is 7.71. The average Bonchev–Trinajstić information content (AvgIpc) is 2.61. The first kappa shape index (κ1) is 18.8.